The Morgan fingerprint density at radius 1 is 1.41 bits per heavy atom. The lowest BCUT2D eigenvalue weighted by Crippen LogP contribution is -2.15. The third-order valence-corrected chi connectivity index (χ3v) is 5.54. The summed E-state index contributed by atoms with van der Waals surface area (Å²) in [6.45, 7) is 2.03. The molecule has 2 aromatic rings. The summed E-state index contributed by atoms with van der Waals surface area (Å²) in [7, 11) is 0. The SMILES string of the molecule is Cc1ccncc1-c1cc2c(c(N)n1)/C=C\CCC(N=C(N)C1CC1CC#N)=C2. The lowest BCUT2D eigenvalue weighted by Gasteiger charge is -2.13. The molecular weight excluding hydrogens is 360 g/mol. The van der Waals surface area contributed by atoms with Crippen molar-refractivity contribution in [3.8, 4) is 17.3 Å². The summed E-state index contributed by atoms with van der Waals surface area (Å²) in [5.41, 5.74) is 18.2. The van der Waals surface area contributed by atoms with Gasteiger partial charge in [0.15, 0.2) is 0 Å². The molecule has 6 nitrogen and oxygen atoms in total. The van der Waals surface area contributed by atoms with Crippen molar-refractivity contribution in [3.63, 3.8) is 0 Å². The Labute approximate surface area is 170 Å². The van der Waals surface area contributed by atoms with E-state index in [0.29, 0.717) is 24.0 Å². The van der Waals surface area contributed by atoms with Gasteiger partial charge in [0.05, 0.1) is 11.8 Å². The number of hydrogen-bond acceptors (Lipinski definition) is 5. The number of pyridine rings is 2. The molecule has 0 aliphatic heterocycles. The molecule has 2 atom stereocenters. The number of nitrogens with zero attached hydrogens (tertiary/aromatic N) is 4. The van der Waals surface area contributed by atoms with Gasteiger partial charge in [0.2, 0.25) is 0 Å². The Morgan fingerprint density at radius 2 is 2.28 bits per heavy atom. The highest BCUT2D eigenvalue weighted by molar-refractivity contribution is 5.87. The van der Waals surface area contributed by atoms with Gasteiger partial charge in [0, 0.05) is 41.6 Å². The number of hydrogen-bond donors (Lipinski definition) is 2. The lowest BCUT2D eigenvalue weighted by atomic mass is 9.99. The molecule has 2 heterocycles. The molecule has 1 saturated carbocycles. The summed E-state index contributed by atoms with van der Waals surface area (Å²) in [6.07, 6.45) is 12.9. The maximum Gasteiger partial charge on any atom is 0.131 e. The van der Waals surface area contributed by atoms with E-state index in [9.17, 15) is 0 Å². The van der Waals surface area contributed by atoms with E-state index in [2.05, 4.69) is 28.2 Å². The van der Waals surface area contributed by atoms with Crippen LogP contribution in [-0.2, 0) is 0 Å². The van der Waals surface area contributed by atoms with E-state index < -0.39 is 0 Å². The van der Waals surface area contributed by atoms with E-state index in [-0.39, 0.29) is 5.92 Å². The minimum atomic E-state index is 0.229. The van der Waals surface area contributed by atoms with Crippen molar-refractivity contribution in [2.75, 3.05) is 5.73 Å². The minimum Gasteiger partial charge on any atom is -0.387 e. The van der Waals surface area contributed by atoms with Gasteiger partial charge in [-0.1, -0.05) is 12.2 Å². The van der Waals surface area contributed by atoms with Crippen LogP contribution in [0.3, 0.4) is 0 Å². The van der Waals surface area contributed by atoms with E-state index in [1.54, 1.807) is 6.20 Å². The van der Waals surface area contributed by atoms with E-state index in [1.165, 1.54) is 0 Å². The van der Waals surface area contributed by atoms with Crippen LogP contribution >= 0.6 is 0 Å². The zero-order valence-electron chi connectivity index (χ0n) is 16.5. The Hall–Kier alpha value is -3.46. The normalized spacial score (nSPS) is 21.9. The Bertz CT molecular complexity index is 1070. The zero-order chi connectivity index (χ0) is 20.4. The largest absolute Gasteiger partial charge is 0.387 e. The second kappa shape index (κ2) is 7.88. The summed E-state index contributed by atoms with van der Waals surface area (Å²) in [5, 5.41) is 8.87. The molecule has 0 radical (unpaired) electrons. The highest BCUT2D eigenvalue weighted by Crippen LogP contribution is 2.41. The first-order chi connectivity index (χ1) is 14.1. The number of fused-ring (bicyclic) bond motifs is 1. The fourth-order valence-electron chi connectivity index (χ4n) is 3.74. The van der Waals surface area contributed by atoms with Crippen LogP contribution in [-0.4, -0.2) is 15.8 Å². The van der Waals surface area contributed by atoms with Crippen molar-refractivity contribution in [2.24, 2.45) is 22.6 Å². The van der Waals surface area contributed by atoms with Gasteiger partial charge in [-0.15, -0.1) is 0 Å². The Morgan fingerprint density at radius 3 is 3.07 bits per heavy atom. The van der Waals surface area contributed by atoms with Crippen molar-refractivity contribution in [3.05, 3.63) is 53.0 Å². The molecule has 1 fully saturated rings. The standard InChI is InChI=1S/C23H24N6/c1-14-7-9-27-13-20(14)21-12-16-10-17(4-2-3-5-18(16)22(25)29-21)28-23(26)19-11-15(19)6-8-24/h3,5,7,9-10,12-13,15,19H,2,4,6,11H2,1H3,(H2,25,29)(H2,26,28)/b5-3-,17-10?. The summed E-state index contributed by atoms with van der Waals surface area (Å²) in [6, 6.07) is 6.22. The highest BCUT2D eigenvalue weighted by atomic mass is 14.9. The molecule has 0 spiro atoms. The molecule has 4 N–H and O–H groups in total. The number of aromatic nitrogens is 2. The van der Waals surface area contributed by atoms with Crippen LogP contribution in [0, 0.1) is 30.1 Å². The van der Waals surface area contributed by atoms with Crippen LogP contribution in [0.4, 0.5) is 5.82 Å². The number of aliphatic imine (C=N–C) groups is 1. The van der Waals surface area contributed by atoms with Crippen molar-refractivity contribution in [1.29, 1.82) is 5.26 Å². The third kappa shape index (κ3) is 4.04. The number of aryl methyl sites for hydroxylation is 1. The predicted octanol–water partition coefficient (Wildman–Crippen LogP) is 4.09. The number of allylic oxidation sites excluding steroid dienone is 2. The van der Waals surface area contributed by atoms with E-state index >= 15 is 0 Å². The third-order valence-electron chi connectivity index (χ3n) is 5.54. The molecule has 2 aliphatic carbocycles. The first-order valence-corrected chi connectivity index (χ1v) is 9.86. The van der Waals surface area contributed by atoms with Crippen LogP contribution in [0.25, 0.3) is 23.4 Å². The van der Waals surface area contributed by atoms with Crippen molar-refractivity contribution < 1.29 is 0 Å². The van der Waals surface area contributed by atoms with Crippen molar-refractivity contribution >= 4 is 23.8 Å². The maximum atomic E-state index is 8.87. The Kier molecular flexibility index (Phi) is 5.13. The first kappa shape index (κ1) is 18.9. The lowest BCUT2D eigenvalue weighted by molar-refractivity contribution is 0.827. The van der Waals surface area contributed by atoms with Crippen LogP contribution in [0.1, 0.15) is 42.4 Å². The van der Waals surface area contributed by atoms with Crippen LogP contribution < -0.4 is 11.5 Å². The second-order valence-electron chi connectivity index (χ2n) is 7.66. The molecule has 0 amide bonds. The average Bonchev–Trinajstić information content (AvgIpc) is 3.44. The first-order valence-electron chi connectivity index (χ1n) is 9.86. The molecule has 0 aromatic carbocycles. The average molecular weight is 384 g/mol. The predicted molar refractivity (Wildman–Crippen MR) is 116 cm³/mol. The number of nitriles is 1. The van der Waals surface area contributed by atoms with Crippen LogP contribution in [0.15, 0.2) is 41.3 Å². The van der Waals surface area contributed by atoms with E-state index in [1.807, 2.05) is 31.3 Å². The molecule has 6 heteroatoms. The molecule has 0 saturated heterocycles. The summed E-state index contributed by atoms with van der Waals surface area (Å²) in [5.74, 6) is 1.70. The fraction of sp³-hybridized carbons (Fsp3) is 0.304. The number of nitrogens with two attached hydrogens (primary N) is 2. The molecule has 29 heavy (non-hydrogen) atoms. The summed E-state index contributed by atoms with van der Waals surface area (Å²) >= 11 is 0. The number of nitrogen functional groups attached to an aromatic ring is 1. The smallest absolute Gasteiger partial charge is 0.131 e. The van der Waals surface area contributed by atoms with E-state index in [4.69, 9.17) is 21.7 Å². The van der Waals surface area contributed by atoms with Gasteiger partial charge in [-0.2, -0.15) is 5.26 Å². The maximum absolute atomic E-state index is 8.87. The molecule has 2 unspecified atom stereocenters. The number of rotatable bonds is 4. The topological polar surface area (TPSA) is 114 Å². The molecule has 4 rings (SSSR count). The van der Waals surface area contributed by atoms with Crippen molar-refractivity contribution in [2.45, 2.75) is 32.6 Å². The molecular formula is C23H24N6. The summed E-state index contributed by atoms with van der Waals surface area (Å²) < 4.78 is 0. The molecule has 146 valence electrons. The monoisotopic (exact) mass is 384 g/mol. The van der Waals surface area contributed by atoms with Gasteiger partial charge in [-0.05, 0) is 61.4 Å². The van der Waals surface area contributed by atoms with Crippen LogP contribution in [0.5, 0.6) is 0 Å². The van der Waals surface area contributed by atoms with Gasteiger partial charge < -0.3 is 11.5 Å². The number of anilines is 1. The highest BCUT2D eigenvalue weighted by Gasteiger charge is 2.39. The van der Waals surface area contributed by atoms with Gasteiger partial charge in [-0.3, -0.25) is 4.98 Å². The van der Waals surface area contributed by atoms with Gasteiger partial charge >= 0.3 is 0 Å². The van der Waals surface area contributed by atoms with E-state index in [0.717, 1.165) is 52.9 Å². The van der Waals surface area contributed by atoms with Crippen molar-refractivity contribution in [1.82, 2.24) is 9.97 Å². The molecule has 2 aliphatic rings. The quantitative estimate of drug-likeness (QED) is 0.609. The van der Waals surface area contributed by atoms with Crippen LogP contribution in [0.2, 0.25) is 0 Å². The zero-order valence-corrected chi connectivity index (χ0v) is 16.5. The Balaban J connectivity index is 1.73. The van der Waals surface area contributed by atoms with Gasteiger partial charge in [-0.25, -0.2) is 9.98 Å². The molecule has 2 aromatic heterocycles. The number of amidine groups is 1. The van der Waals surface area contributed by atoms with Gasteiger partial charge in [0.1, 0.15) is 11.7 Å². The van der Waals surface area contributed by atoms with Gasteiger partial charge in [0.25, 0.3) is 0 Å². The minimum absolute atomic E-state index is 0.229. The second-order valence-corrected chi connectivity index (χ2v) is 7.66. The summed E-state index contributed by atoms with van der Waals surface area (Å²) in [4.78, 5) is 13.6. The fourth-order valence-corrected chi connectivity index (χ4v) is 3.74. The molecule has 0 bridgehead atoms.